The number of alkyl halides is 3. The van der Waals surface area contributed by atoms with Crippen molar-refractivity contribution in [2.45, 2.75) is 58.7 Å². The number of halogens is 3. The van der Waals surface area contributed by atoms with E-state index in [-0.39, 0.29) is 34.7 Å². The number of anilines is 1. The van der Waals surface area contributed by atoms with Crippen molar-refractivity contribution in [3.8, 4) is 22.9 Å². The van der Waals surface area contributed by atoms with Gasteiger partial charge in [0.25, 0.3) is 0 Å². The third kappa shape index (κ3) is 6.87. The van der Waals surface area contributed by atoms with Gasteiger partial charge in [0.1, 0.15) is 17.4 Å². The highest BCUT2D eigenvalue weighted by Crippen LogP contribution is 2.48. The smallest absolute Gasteiger partial charge is 0.422 e. The molecular formula is C38H44F3N7O3. The molecule has 4 aromatic rings. The second kappa shape index (κ2) is 13.8. The lowest BCUT2D eigenvalue weighted by molar-refractivity contribution is -0.153. The first-order chi connectivity index (χ1) is 24.5. The van der Waals surface area contributed by atoms with E-state index >= 15 is 0 Å². The normalized spacial score (nSPS) is 18.5. The Kier molecular flexibility index (Phi) is 9.42. The van der Waals surface area contributed by atoms with E-state index in [9.17, 15) is 18.0 Å². The predicted molar refractivity (Wildman–Crippen MR) is 192 cm³/mol. The first-order valence-electron chi connectivity index (χ1n) is 17.7. The highest BCUT2D eigenvalue weighted by Gasteiger charge is 2.46. The van der Waals surface area contributed by atoms with E-state index in [0.29, 0.717) is 54.1 Å². The van der Waals surface area contributed by atoms with Crippen molar-refractivity contribution in [3.63, 3.8) is 0 Å². The second-order valence-electron chi connectivity index (χ2n) is 14.0. The van der Waals surface area contributed by atoms with Gasteiger partial charge >= 0.3 is 12.2 Å². The Morgan fingerprint density at radius 1 is 1.10 bits per heavy atom. The molecule has 1 amide bonds. The third-order valence-electron chi connectivity index (χ3n) is 10.7. The molecule has 5 heterocycles. The molecule has 2 aromatic carbocycles. The Hall–Kier alpha value is -4.65. The molecule has 2 aromatic heterocycles. The van der Waals surface area contributed by atoms with Gasteiger partial charge in [0.15, 0.2) is 12.4 Å². The van der Waals surface area contributed by atoms with Crippen LogP contribution in [0.5, 0.6) is 11.8 Å². The number of fused-ring (bicyclic) bond motifs is 2. The molecule has 3 aliphatic heterocycles. The standard InChI is InChI=1S/C38H44F3N7O3/c1-5-8-25-19-27-33(34(50-23-38(39,40)41)32(25)31-24(4)9-10-29-28(31)20-42-45-29)43-36(51-26-11-15-46(7-3)16-12-26)44-35(27)47-17-13-37(14-18-47)21-48(22-37)30(49)6-2/h5-6,8-10,19-20,26H,2,7,11-18,21-23H2,1,3-4H3,(H,42,45)/b8-5+. The number of hydrogen-bond acceptors (Lipinski definition) is 8. The molecule has 3 saturated heterocycles. The van der Waals surface area contributed by atoms with Crippen molar-refractivity contribution >= 4 is 39.6 Å². The number of hydrogen-bond donors (Lipinski definition) is 1. The number of carbonyl (C=O) groups excluding carboxylic acids is 1. The molecule has 3 aliphatic rings. The first-order valence-corrected chi connectivity index (χ1v) is 17.7. The molecule has 0 bridgehead atoms. The number of H-pyrrole nitrogens is 1. The molecule has 0 aliphatic carbocycles. The Balaban J connectivity index is 1.39. The van der Waals surface area contributed by atoms with E-state index < -0.39 is 12.8 Å². The number of carbonyl (C=O) groups is 1. The zero-order valence-corrected chi connectivity index (χ0v) is 29.4. The Morgan fingerprint density at radius 3 is 2.51 bits per heavy atom. The van der Waals surface area contributed by atoms with Gasteiger partial charge in [-0.25, -0.2) is 0 Å². The van der Waals surface area contributed by atoms with Gasteiger partial charge in [-0.3, -0.25) is 9.89 Å². The second-order valence-corrected chi connectivity index (χ2v) is 14.0. The molecule has 0 saturated carbocycles. The minimum Gasteiger partial charge on any atom is -0.481 e. The topological polar surface area (TPSA) is 99.7 Å². The van der Waals surface area contributed by atoms with Crippen LogP contribution in [-0.4, -0.2) is 101 Å². The minimum absolute atomic E-state index is 0.0232. The van der Waals surface area contributed by atoms with E-state index in [1.807, 2.05) is 49.1 Å². The van der Waals surface area contributed by atoms with E-state index in [0.717, 1.165) is 61.8 Å². The number of piperidine rings is 2. The fraction of sp³-hybridized carbons (Fsp3) is 0.474. The maximum atomic E-state index is 14.0. The first kappa shape index (κ1) is 34.8. The van der Waals surface area contributed by atoms with Gasteiger partial charge in [-0.1, -0.05) is 31.7 Å². The summed E-state index contributed by atoms with van der Waals surface area (Å²) in [5, 5.41) is 8.58. The van der Waals surface area contributed by atoms with Crippen LogP contribution in [0.4, 0.5) is 19.0 Å². The van der Waals surface area contributed by atoms with Gasteiger partial charge in [-0.05, 0) is 81.0 Å². The molecule has 10 nitrogen and oxygen atoms in total. The summed E-state index contributed by atoms with van der Waals surface area (Å²) < 4.78 is 54.3. The fourth-order valence-electron chi connectivity index (χ4n) is 7.89. The number of allylic oxidation sites excluding steroid dienone is 1. The molecule has 1 spiro atoms. The zero-order valence-electron chi connectivity index (χ0n) is 29.4. The lowest BCUT2D eigenvalue weighted by atomic mass is 9.72. The van der Waals surface area contributed by atoms with Crippen LogP contribution >= 0.6 is 0 Å². The summed E-state index contributed by atoms with van der Waals surface area (Å²) in [5.41, 5.74) is 3.78. The average Bonchev–Trinajstić information content (AvgIpc) is 3.58. The maximum Gasteiger partial charge on any atom is 0.422 e. The number of amides is 1. The van der Waals surface area contributed by atoms with Gasteiger partial charge < -0.3 is 24.2 Å². The van der Waals surface area contributed by atoms with Crippen LogP contribution in [0.3, 0.4) is 0 Å². The fourth-order valence-corrected chi connectivity index (χ4v) is 7.89. The molecule has 0 unspecified atom stereocenters. The number of benzene rings is 2. The zero-order chi connectivity index (χ0) is 35.9. The van der Waals surface area contributed by atoms with Gasteiger partial charge in [-0.15, -0.1) is 0 Å². The van der Waals surface area contributed by atoms with Gasteiger partial charge in [0.2, 0.25) is 5.91 Å². The molecule has 7 rings (SSSR count). The molecular weight excluding hydrogens is 659 g/mol. The summed E-state index contributed by atoms with van der Waals surface area (Å²) in [4.78, 5) is 28.4. The molecule has 0 atom stereocenters. The van der Waals surface area contributed by atoms with Gasteiger partial charge in [0, 0.05) is 61.0 Å². The number of likely N-dealkylation sites (tertiary alicyclic amines) is 2. The van der Waals surface area contributed by atoms with Crippen molar-refractivity contribution in [2.75, 3.05) is 57.3 Å². The molecule has 13 heteroatoms. The number of aryl methyl sites for hydroxylation is 1. The molecule has 270 valence electrons. The number of ether oxygens (including phenoxy) is 2. The van der Waals surface area contributed by atoms with Crippen LogP contribution in [0.2, 0.25) is 0 Å². The van der Waals surface area contributed by atoms with Crippen LogP contribution in [-0.2, 0) is 4.79 Å². The summed E-state index contributed by atoms with van der Waals surface area (Å²) in [6.45, 7) is 13.5. The highest BCUT2D eigenvalue weighted by atomic mass is 19.4. The van der Waals surface area contributed by atoms with Crippen molar-refractivity contribution in [1.29, 1.82) is 0 Å². The highest BCUT2D eigenvalue weighted by molar-refractivity contribution is 6.07. The summed E-state index contributed by atoms with van der Waals surface area (Å²) >= 11 is 0. The Labute approximate surface area is 295 Å². The van der Waals surface area contributed by atoms with Gasteiger partial charge in [0.05, 0.1) is 11.7 Å². The van der Waals surface area contributed by atoms with E-state index in [1.54, 1.807) is 6.20 Å². The van der Waals surface area contributed by atoms with Crippen LogP contribution in [0, 0.1) is 12.3 Å². The third-order valence-corrected chi connectivity index (χ3v) is 10.7. The lowest BCUT2D eigenvalue weighted by Gasteiger charge is -2.54. The van der Waals surface area contributed by atoms with Crippen molar-refractivity contribution in [3.05, 3.63) is 54.3 Å². The Morgan fingerprint density at radius 2 is 1.84 bits per heavy atom. The monoisotopic (exact) mass is 703 g/mol. The number of nitrogens with one attached hydrogen (secondary N) is 1. The van der Waals surface area contributed by atoms with Crippen molar-refractivity contribution < 1.29 is 27.4 Å². The Bertz CT molecular complexity index is 1970. The molecule has 0 radical (unpaired) electrons. The number of aromatic nitrogens is 4. The summed E-state index contributed by atoms with van der Waals surface area (Å²) in [7, 11) is 0. The van der Waals surface area contributed by atoms with E-state index in [4.69, 9.17) is 19.4 Å². The van der Waals surface area contributed by atoms with Crippen molar-refractivity contribution in [2.24, 2.45) is 5.41 Å². The van der Waals surface area contributed by atoms with Crippen molar-refractivity contribution in [1.82, 2.24) is 30.0 Å². The summed E-state index contributed by atoms with van der Waals surface area (Å²) in [6.07, 6.45) is 5.32. The predicted octanol–water partition coefficient (Wildman–Crippen LogP) is 6.93. The molecule has 51 heavy (non-hydrogen) atoms. The largest absolute Gasteiger partial charge is 0.481 e. The minimum atomic E-state index is -4.59. The van der Waals surface area contributed by atoms with Crippen LogP contribution in [0.15, 0.2) is 43.1 Å². The lowest BCUT2D eigenvalue weighted by Crippen LogP contribution is -2.61. The molecule has 3 fully saturated rings. The SMILES string of the molecule is C=CC(=O)N1CC2(CCN(c3nc(OC4CCN(CC)CC4)nc4c(OCC(F)(F)F)c(-c5c(C)ccc6[nH]ncc56)c(/C=C/C)cc34)CC2)C1. The average molecular weight is 704 g/mol. The van der Waals surface area contributed by atoms with Crippen LogP contribution in [0.1, 0.15) is 50.7 Å². The number of nitrogens with zero attached hydrogens (tertiary/aromatic N) is 6. The quantitative estimate of drug-likeness (QED) is 0.188. The summed E-state index contributed by atoms with van der Waals surface area (Å²) in [5.74, 6) is 0.563. The number of rotatable bonds is 9. The molecule has 1 N–H and O–H groups in total. The summed E-state index contributed by atoms with van der Waals surface area (Å²) in [6, 6.07) is 5.91. The van der Waals surface area contributed by atoms with E-state index in [2.05, 4.69) is 33.5 Å². The van der Waals surface area contributed by atoms with Crippen LogP contribution in [0.25, 0.3) is 39.0 Å². The number of aromatic amines is 1. The van der Waals surface area contributed by atoms with Crippen LogP contribution < -0.4 is 14.4 Å². The maximum absolute atomic E-state index is 14.0. The van der Waals surface area contributed by atoms with E-state index in [1.165, 1.54) is 6.08 Å². The van der Waals surface area contributed by atoms with Gasteiger partial charge in [-0.2, -0.15) is 28.2 Å².